The van der Waals surface area contributed by atoms with Gasteiger partial charge < -0.3 is 10.0 Å². The third kappa shape index (κ3) is 9.07. The maximum atomic E-state index is 11.3. The van der Waals surface area contributed by atoms with Crippen molar-refractivity contribution in [2.45, 2.75) is 19.4 Å². The van der Waals surface area contributed by atoms with Crippen LogP contribution in [0.3, 0.4) is 0 Å². The fourth-order valence-corrected chi connectivity index (χ4v) is 5.34. The number of benzene rings is 4. The molecule has 0 aliphatic heterocycles. The average Bonchev–Trinajstić information content (AvgIpc) is 2.85. The average molecular weight is 558 g/mol. The molecule has 0 amide bonds. The van der Waals surface area contributed by atoms with Crippen molar-refractivity contribution in [2.24, 2.45) is 0 Å². The van der Waals surface area contributed by atoms with Gasteiger partial charge in [-0.2, -0.15) is 0 Å². The fraction of sp³-hybridized carbons (Fsp3) is 0.172. The van der Waals surface area contributed by atoms with Gasteiger partial charge in [0.25, 0.3) is 0 Å². The zero-order chi connectivity index (χ0) is 25.0. The molecular weight excluding hydrogens is 528 g/mol. The first-order chi connectivity index (χ1) is 17.0. The summed E-state index contributed by atoms with van der Waals surface area (Å²) >= 11 is -0.556. The number of phenolic OH excluding ortho intramolecular Hbond substituents is 1. The number of aromatic hydroxyl groups is 1. The minimum atomic E-state index is -0.556. The van der Waals surface area contributed by atoms with Crippen molar-refractivity contribution in [3.05, 3.63) is 125 Å². The van der Waals surface area contributed by atoms with Crippen LogP contribution in [0.25, 0.3) is 0 Å². The Balaban J connectivity index is 0.00000108. The van der Waals surface area contributed by atoms with Crippen LogP contribution in [0.4, 0.5) is 0 Å². The summed E-state index contributed by atoms with van der Waals surface area (Å²) in [6, 6.07) is 33.9. The van der Waals surface area contributed by atoms with E-state index in [1.54, 1.807) is 0 Å². The molecule has 4 aromatic carbocycles. The van der Waals surface area contributed by atoms with Crippen LogP contribution in [0, 0.1) is 0 Å². The molecule has 1 unspecified atom stereocenters. The van der Waals surface area contributed by atoms with E-state index in [-0.39, 0.29) is 0 Å². The van der Waals surface area contributed by atoms with Gasteiger partial charge in [0.2, 0.25) is 0 Å². The SMILES string of the molecule is CN(C)Cc1ccccc1Pc1cc(Cc2ccccc2)cc(Cc2ccccc2)c1O.[Cl][Ti][Cl]. The Labute approximate surface area is 227 Å². The molecule has 6 heteroatoms. The summed E-state index contributed by atoms with van der Waals surface area (Å²) in [5.74, 6) is 0.434. The van der Waals surface area contributed by atoms with Crippen LogP contribution >= 0.6 is 27.2 Å². The molecule has 0 spiro atoms. The van der Waals surface area contributed by atoms with Gasteiger partial charge in [-0.15, -0.1) is 0 Å². The van der Waals surface area contributed by atoms with Crippen molar-refractivity contribution in [3.8, 4) is 5.75 Å². The standard InChI is InChI=1S/C29H30NOP.2ClH.Ti/c1-30(2)21-25-15-9-10-16-27(25)32-28-20-24(17-22-11-5-3-6-12-22)19-26(29(28)31)18-23-13-7-4-8-14-23;;;/h3-16,19-20,31-32H,17-18,21H2,1-2H3;2*1H;/q;;;+2/p-2. The van der Waals surface area contributed by atoms with Crippen molar-refractivity contribution in [2.75, 3.05) is 14.1 Å². The van der Waals surface area contributed by atoms with Gasteiger partial charge in [0, 0.05) is 18.3 Å². The molecule has 0 bridgehead atoms. The molecule has 0 fully saturated rings. The van der Waals surface area contributed by atoms with Gasteiger partial charge in [0.15, 0.2) is 0 Å². The molecule has 180 valence electrons. The first kappa shape index (κ1) is 27.9. The van der Waals surface area contributed by atoms with Gasteiger partial charge in [-0.25, -0.2) is 0 Å². The molecule has 0 aromatic heterocycles. The molecule has 35 heavy (non-hydrogen) atoms. The fourth-order valence-electron chi connectivity index (χ4n) is 4.01. The second-order valence-electron chi connectivity index (χ2n) is 8.57. The predicted octanol–water partition coefficient (Wildman–Crippen LogP) is 6.64. The van der Waals surface area contributed by atoms with Gasteiger partial charge in [0.1, 0.15) is 5.75 Å². The van der Waals surface area contributed by atoms with E-state index in [2.05, 4.69) is 110 Å². The number of hydrogen-bond donors (Lipinski definition) is 1. The number of rotatable bonds is 8. The van der Waals surface area contributed by atoms with E-state index in [9.17, 15) is 5.11 Å². The number of phenols is 1. The first-order valence-electron chi connectivity index (χ1n) is 11.4. The third-order valence-corrected chi connectivity index (χ3v) is 6.92. The molecule has 4 rings (SSSR count). The summed E-state index contributed by atoms with van der Waals surface area (Å²) in [5, 5.41) is 13.6. The van der Waals surface area contributed by atoms with Crippen molar-refractivity contribution in [1.82, 2.24) is 4.90 Å². The summed E-state index contributed by atoms with van der Waals surface area (Å²) in [5.41, 5.74) is 6.05. The van der Waals surface area contributed by atoms with Crippen molar-refractivity contribution in [3.63, 3.8) is 0 Å². The third-order valence-electron chi connectivity index (χ3n) is 5.51. The Kier molecular flexibility index (Phi) is 11.8. The topological polar surface area (TPSA) is 23.5 Å². The molecular formula is C29H30Cl2NOPTi. The second kappa shape index (κ2) is 14.8. The van der Waals surface area contributed by atoms with Gasteiger partial charge in [-0.3, -0.25) is 0 Å². The Morgan fingerprint density at radius 2 is 1.23 bits per heavy atom. The molecule has 4 aromatic rings. The van der Waals surface area contributed by atoms with E-state index in [4.69, 9.17) is 18.6 Å². The number of hydrogen-bond acceptors (Lipinski definition) is 2. The quantitative estimate of drug-likeness (QED) is 0.194. The monoisotopic (exact) mass is 557 g/mol. The molecule has 0 heterocycles. The normalized spacial score (nSPS) is 10.9. The van der Waals surface area contributed by atoms with Crippen LogP contribution in [-0.2, 0) is 36.4 Å². The number of nitrogens with zero attached hydrogens (tertiary/aromatic N) is 1. The van der Waals surface area contributed by atoms with Crippen LogP contribution in [0.1, 0.15) is 27.8 Å². The summed E-state index contributed by atoms with van der Waals surface area (Å²) in [4.78, 5) is 2.19. The summed E-state index contributed by atoms with van der Waals surface area (Å²) < 4.78 is 0. The minimum absolute atomic E-state index is 0.411. The van der Waals surface area contributed by atoms with Gasteiger partial charge >= 0.3 is 35.6 Å². The van der Waals surface area contributed by atoms with Crippen molar-refractivity contribution >= 4 is 37.8 Å². The molecule has 0 aliphatic carbocycles. The van der Waals surface area contributed by atoms with Crippen LogP contribution in [0.15, 0.2) is 97.1 Å². The molecule has 1 N–H and O–H groups in total. The Bertz CT molecular complexity index is 1190. The molecule has 0 saturated heterocycles. The van der Waals surface area contributed by atoms with Crippen LogP contribution < -0.4 is 10.6 Å². The Hall–Kier alpha value is -1.64. The Morgan fingerprint density at radius 3 is 1.83 bits per heavy atom. The van der Waals surface area contributed by atoms with Gasteiger partial charge in [-0.1, -0.05) is 99.6 Å². The van der Waals surface area contributed by atoms with E-state index in [1.807, 2.05) is 6.07 Å². The molecule has 0 saturated carbocycles. The molecule has 2 nitrogen and oxygen atoms in total. The van der Waals surface area contributed by atoms with E-state index < -0.39 is 17.0 Å². The van der Waals surface area contributed by atoms with Crippen LogP contribution in [0.5, 0.6) is 5.75 Å². The van der Waals surface area contributed by atoms with E-state index in [0.717, 1.165) is 30.3 Å². The van der Waals surface area contributed by atoms with Crippen LogP contribution in [0.2, 0.25) is 0 Å². The summed E-state index contributed by atoms with van der Waals surface area (Å²) in [7, 11) is 14.4. The predicted molar refractivity (Wildman–Crippen MR) is 150 cm³/mol. The molecule has 0 aliphatic rings. The maximum absolute atomic E-state index is 11.3. The number of halogens is 2. The van der Waals surface area contributed by atoms with Gasteiger partial charge in [0.05, 0.1) is 0 Å². The van der Waals surface area contributed by atoms with E-state index in [1.165, 1.54) is 27.6 Å². The molecule has 0 radical (unpaired) electrons. The van der Waals surface area contributed by atoms with Crippen molar-refractivity contribution < 1.29 is 22.1 Å². The van der Waals surface area contributed by atoms with Crippen molar-refractivity contribution in [1.29, 1.82) is 0 Å². The van der Waals surface area contributed by atoms with Gasteiger partial charge in [-0.05, 0) is 59.7 Å². The first-order valence-corrected chi connectivity index (χ1v) is 16.7. The van der Waals surface area contributed by atoms with E-state index >= 15 is 0 Å². The summed E-state index contributed by atoms with van der Waals surface area (Å²) in [6.07, 6.45) is 1.59. The van der Waals surface area contributed by atoms with Crippen LogP contribution in [-0.4, -0.2) is 24.1 Å². The second-order valence-corrected chi connectivity index (χ2v) is 12.5. The summed E-state index contributed by atoms with van der Waals surface area (Å²) in [6.45, 7) is 0.893. The Morgan fingerprint density at radius 1 is 0.686 bits per heavy atom. The zero-order valence-corrected chi connectivity index (χ0v) is 24.1. The van der Waals surface area contributed by atoms with E-state index in [0.29, 0.717) is 14.3 Å². The molecule has 1 atom stereocenters. The zero-order valence-electron chi connectivity index (χ0n) is 20.0.